The van der Waals surface area contributed by atoms with Crippen molar-refractivity contribution in [1.82, 2.24) is 4.90 Å². The smallest absolute Gasteiger partial charge is 0.416 e. The molecule has 4 nitrogen and oxygen atoms in total. The predicted octanol–water partition coefficient (Wildman–Crippen LogP) is 7.77. The number of methoxy groups -OCH3 is 1. The van der Waals surface area contributed by atoms with Crippen molar-refractivity contribution in [3.05, 3.63) is 75.4 Å². The normalized spacial score (nSPS) is 19.2. The fourth-order valence-corrected chi connectivity index (χ4v) is 5.87. The van der Waals surface area contributed by atoms with Crippen molar-refractivity contribution in [2.45, 2.75) is 51.5 Å². The van der Waals surface area contributed by atoms with E-state index in [1.54, 1.807) is 11.8 Å². The number of nitrogens with zero attached hydrogens (tertiary/aromatic N) is 1. The topological polar surface area (TPSA) is 38.8 Å². The summed E-state index contributed by atoms with van der Waals surface area (Å²) in [4.78, 5) is 14.0. The van der Waals surface area contributed by atoms with Gasteiger partial charge in [-0.2, -0.15) is 26.3 Å². The van der Waals surface area contributed by atoms with Crippen LogP contribution in [0.15, 0.2) is 47.5 Å². The highest BCUT2D eigenvalue weighted by molar-refractivity contribution is 5.98. The minimum atomic E-state index is -4.74. The van der Waals surface area contributed by atoms with Crippen molar-refractivity contribution in [3.8, 4) is 5.75 Å². The molecular weight excluding hydrogens is 548 g/mol. The van der Waals surface area contributed by atoms with Crippen LogP contribution in [0.25, 0.3) is 11.6 Å². The van der Waals surface area contributed by atoms with E-state index in [4.69, 9.17) is 9.47 Å². The van der Waals surface area contributed by atoms with Gasteiger partial charge in [0.25, 0.3) is 0 Å². The third kappa shape index (κ3) is 6.47. The molecule has 2 aliphatic heterocycles. The molecule has 1 saturated heterocycles. The number of ether oxygens (including phenoxy) is 2. The Hall–Kier alpha value is -3.27. The number of benzene rings is 2. The lowest BCUT2D eigenvalue weighted by Gasteiger charge is -2.35. The van der Waals surface area contributed by atoms with Crippen LogP contribution in [0, 0.1) is 11.8 Å². The van der Waals surface area contributed by atoms with E-state index in [-0.39, 0.29) is 24.0 Å². The van der Waals surface area contributed by atoms with Gasteiger partial charge in [-0.1, -0.05) is 6.07 Å². The molecule has 10 heteroatoms. The molecule has 41 heavy (non-hydrogen) atoms. The van der Waals surface area contributed by atoms with E-state index in [0.29, 0.717) is 62.2 Å². The van der Waals surface area contributed by atoms with Gasteiger partial charge in [0.15, 0.2) is 0 Å². The van der Waals surface area contributed by atoms with Gasteiger partial charge in [0.1, 0.15) is 12.4 Å². The van der Waals surface area contributed by atoms with E-state index < -0.39 is 23.5 Å². The Labute approximate surface area is 234 Å². The summed E-state index contributed by atoms with van der Waals surface area (Å²) in [6.45, 7) is 2.88. The number of hydrogen-bond donors (Lipinski definition) is 0. The van der Waals surface area contributed by atoms with Gasteiger partial charge in [0, 0.05) is 17.7 Å². The molecule has 0 bridgehead atoms. The van der Waals surface area contributed by atoms with Gasteiger partial charge in [0.05, 0.1) is 18.2 Å². The molecule has 220 valence electrons. The standard InChI is InChI=1S/C31H31F6NO3/c1-18(29(39)40-2)28(20-3-4-20)21-5-8-27-22(13-21)14-24(17-41-27)19-9-11-38(12-10-19)16-23-15-25(30(32,33)34)6-7-26(23)31(35,36)37/h5-8,13-15,19-20H,3-4,9-12,16-17H2,1-2H3. The number of likely N-dealkylation sites (tertiary alicyclic amines) is 1. The van der Waals surface area contributed by atoms with Crippen molar-refractivity contribution in [2.75, 3.05) is 26.8 Å². The van der Waals surface area contributed by atoms with Crippen LogP contribution in [0.4, 0.5) is 26.3 Å². The summed E-state index contributed by atoms with van der Waals surface area (Å²) in [6.07, 6.45) is -4.03. The van der Waals surface area contributed by atoms with Crippen molar-refractivity contribution in [2.24, 2.45) is 11.8 Å². The molecule has 2 fully saturated rings. The SMILES string of the molecule is COC(=O)C(C)=C(c1ccc2c(c1)C=C(C1CCN(Cc3cc(C(F)(F)F)ccc3C(F)(F)F)CC1)CO2)C1CC1. The van der Waals surface area contributed by atoms with Crippen LogP contribution in [0.5, 0.6) is 5.75 Å². The van der Waals surface area contributed by atoms with Crippen molar-refractivity contribution < 1.29 is 40.6 Å². The Kier molecular flexibility index (Phi) is 7.98. The van der Waals surface area contributed by atoms with Gasteiger partial charge in [0.2, 0.25) is 0 Å². The Morgan fingerprint density at radius 3 is 2.29 bits per heavy atom. The van der Waals surface area contributed by atoms with Gasteiger partial charge in [-0.05, 0) is 116 Å². The third-order valence-corrected chi connectivity index (χ3v) is 8.18. The third-order valence-electron chi connectivity index (χ3n) is 8.18. The fraction of sp³-hybridized carbons (Fsp3) is 0.452. The lowest BCUT2D eigenvalue weighted by atomic mass is 9.86. The maximum absolute atomic E-state index is 13.5. The number of esters is 1. The molecule has 1 saturated carbocycles. The number of allylic oxidation sites excluding steroid dienone is 1. The maximum Gasteiger partial charge on any atom is 0.416 e. The van der Waals surface area contributed by atoms with E-state index >= 15 is 0 Å². The summed E-state index contributed by atoms with van der Waals surface area (Å²) >= 11 is 0. The van der Waals surface area contributed by atoms with E-state index in [1.165, 1.54) is 7.11 Å². The second-order valence-corrected chi connectivity index (χ2v) is 11.0. The molecule has 0 amide bonds. The predicted molar refractivity (Wildman–Crippen MR) is 142 cm³/mol. The van der Waals surface area contributed by atoms with Crippen LogP contribution in [0.3, 0.4) is 0 Å². The van der Waals surface area contributed by atoms with Crippen LogP contribution >= 0.6 is 0 Å². The molecule has 1 aliphatic carbocycles. The van der Waals surface area contributed by atoms with E-state index in [1.807, 2.05) is 18.2 Å². The zero-order valence-corrected chi connectivity index (χ0v) is 22.8. The monoisotopic (exact) mass is 579 g/mol. The van der Waals surface area contributed by atoms with Gasteiger partial charge < -0.3 is 9.47 Å². The van der Waals surface area contributed by atoms with Crippen molar-refractivity contribution in [1.29, 1.82) is 0 Å². The van der Waals surface area contributed by atoms with Crippen LogP contribution < -0.4 is 4.74 Å². The number of carbonyl (C=O) groups is 1. The van der Waals surface area contributed by atoms with Crippen molar-refractivity contribution in [3.63, 3.8) is 0 Å². The van der Waals surface area contributed by atoms with Gasteiger partial charge in [-0.15, -0.1) is 0 Å². The Morgan fingerprint density at radius 2 is 1.68 bits per heavy atom. The fourth-order valence-electron chi connectivity index (χ4n) is 5.87. The van der Waals surface area contributed by atoms with Crippen LogP contribution in [0.2, 0.25) is 0 Å². The lowest BCUT2D eigenvalue weighted by Crippen LogP contribution is -2.35. The van der Waals surface area contributed by atoms with E-state index in [2.05, 4.69) is 6.08 Å². The first-order valence-electron chi connectivity index (χ1n) is 13.6. The molecule has 2 aromatic rings. The number of alkyl halides is 6. The Balaban J connectivity index is 1.31. The number of piperidine rings is 1. The first-order chi connectivity index (χ1) is 19.3. The molecule has 0 unspecified atom stereocenters. The highest BCUT2D eigenvalue weighted by Crippen LogP contribution is 2.45. The lowest BCUT2D eigenvalue weighted by molar-refractivity contribution is -0.142. The van der Waals surface area contributed by atoms with Crippen LogP contribution in [0.1, 0.15) is 60.4 Å². The number of hydrogen-bond acceptors (Lipinski definition) is 4. The second-order valence-electron chi connectivity index (χ2n) is 11.0. The maximum atomic E-state index is 13.5. The minimum Gasteiger partial charge on any atom is -0.489 e. The molecule has 2 aromatic carbocycles. The Morgan fingerprint density at radius 1 is 0.976 bits per heavy atom. The molecular formula is C31H31F6NO3. The van der Waals surface area contributed by atoms with E-state index in [0.717, 1.165) is 40.9 Å². The molecule has 0 radical (unpaired) electrons. The summed E-state index contributed by atoms with van der Waals surface area (Å²) in [5.41, 5.74) is 2.02. The molecule has 0 N–H and O–H groups in total. The quantitative estimate of drug-likeness (QED) is 0.199. The molecule has 2 heterocycles. The summed E-state index contributed by atoms with van der Waals surface area (Å²) in [5.74, 6) is 0.849. The summed E-state index contributed by atoms with van der Waals surface area (Å²) < 4.78 is 91.2. The first-order valence-corrected chi connectivity index (χ1v) is 13.6. The molecule has 3 aliphatic rings. The molecule has 0 spiro atoms. The Bertz CT molecular complexity index is 1380. The minimum absolute atomic E-state index is 0.141. The van der Waals surface area contributed by atoms with Crippen LogP contribution in [-0.4, -0.2) is 37.7 Å². The average molecular weight is 580 g/mol. The zero-order valence-electron chi connectivity index (χ0n) is 22.8. The van der Waals surface area contributed by atoms with Gasteiger partial charge >= 0.3 is 18.3 Å². The van der Waals surface area contributed by atoms with Gasteiger partial charge in [-0.3, -0.25) is 4.90 Å². The number of halogens is 6. The number of fused-ring (bicyclic) bond motifs is 1. The highest BCUT2D eigenvalue weighted by Gasteiger charge is 2.38. The van der Waals surface area contributed by atoms with E-state index in [9.17, 15) is 31.1 Å². The molecule has 0 aromatic heterocycles. The summed E-state index contributed by atoms with van der Waals surface area (Å²) in [7, 11) is 1.37. The molecule has 0 atom stereocenters. The van der Waals surface area contributed by atoms with Crippen LogP contribution in [-0.2, 0) is 28.4 Å². The zero-order chi connectivity index (χ0) is 29.5. The first kappa shape index (κ1) is 29.2. The average Bonchev–Trinajstić information content (AvgIpc) is 3.77. The number of carbonyl (C=O) groups excluding carboxylic acids is 1. The largest absolute Gasteiger partial charge is 0.489 e. The highest BCUT2D eigenvalue weighted by atomic mass is 19.4. The van der Waals surface area contributed by atoms with Gasteiger partial charge in [-0.25, -0.2) is 4.79 Å². The summed E-state index contributed by atoms with van der Waals surface area (Å²) in [6, 6.07) is 7.51. The van der Waals surface area contributed by atoms with Crippen molar-refractivity contribution >= 4 is 17.6 Å². The number of rotatable bonds is 6. The molecule has 5 rings (SSSR count). The summed E-state index contributed by atoms with van der Waals surface area (Å²) in [5, 5.41) is 0. The second kappa shape index (κ2) is 11.2.